The van der Waals surface area contributed by atoms with E-state index in [1.54, 1.807) is 25.1 Å². The maximum atomic E-state index is 13.4. The van der Waals surface area contributed by atoms with Crippen molar-refractivity contribution in [3.63, 3.8) is 0 Å². The lowest BCUT2D eigenvalue weighted by atomic mass is 10.0. The molecule has 0 bridgehead atoms. The van der Waals surface area contributed by atoms with Crippen LogP contribution in [0.4, 0.5) is 8.78 Å². The van der Waals surface area contributed by atoms with E-state index in [4.69, 9.17) is 0 Å². The summed E-state index contributed by atoms with van der Waals surface area (Å²) in [5, 5.41) is 11.1. The second kappa shape index (κ2) is 4.96. The Balaban J connectivity index is 2.05. The number of aliphatic hydroxyl groups excluding tert-OH is 1. The highest BCUT2D eigenvalue weighted by molar-refractivity contribution is 7.19. The predicted octanol–water partition coefficient (Wildman–Crippen LogP) is 4.57. The Labute approximate surface area is 119 Å². The number of halogens is 2. The Kier molecular flexibility index (Phi) is 3.28. The van der Waals surface area contributed by atoms with Gasteiger partial charge in [-0.15, -0.1) is 11.3 Å². The molecule has 0 saturated heterocycles. The fraction of sp³-hybridized carbons (Fsp3) is 0.125. The molecule has 0 saturated carbocycles. The molecule has 102 valence electrons. The summed E-state index contributed by atoms with van der Waals surface area (Å²) in [7, 11) is 0. The van der Waals surface area contributed by atoms with E-state index in [2.05, 4.69) is 0 Å². The SMILES string of the molecule is Cc1cc(F)cc(C(O)c2cc3cc(F)ccc3s2)c1. The van der Waals surface area contributed by atoms with Crippen LogP contribution in [0.25, 0.3) is 10.1 Å². The summed E-state index contributed by atoms with van der Waals surface area (Å²) in [5.74, 6) is -0.677. The van der Waals surface area contributed by atoms with E-state index in [1.807, 2.05) is 0 Å². The molecule has 0 aliphatic carbocycles. The van der Waals surface area contributed by atoms with Gasteiger partial charge in [0.15, 0.2) is 0 Å². The highest BCUT2D eigenvalue weighted by Crippen LogP contribution is 2.33. The van der Waals surface area contributed by atoms with Gasteiger partial charge in [-0.2, -0.15) is 0 Å². The third-order valence-electron chi connectivity index (χ3n) is 3.15. The van der Waals surface area contributed by atoms with Gasteiger partial charge in [0.1, 0.15) is 17.7 Å². The van der Waals surface area contributed by atoms with Gasteiger partial charge in [0.2, 0.25) is 0 Å². The van der Waals surface area contributed by atoms with Gasteiger partial charge < -0.3 is 5.11 Å². The van der Waals surface area contributed by atoms with Crippen LogP contribution >= 0.6 is 11.3 Å². The topological polar surface area (TPSA) is 20.2 Å². The van der Waals surface area contributed by atoms with Crippen molar-refractivity contribution in [1.29, 1.82) is 0 Å². The van der Waals surface area contributed by atoms with E-state index >= 15 is 0 Å². The van der Waals surface area contributed by atoms with Crippen molar-refractivity contribution in [1.82, 2.24) is 0 Å². The van der Waals surface area contributed by atoms with Gasteiger partial charge in [-0.05, 0) is 59.8 Å². The molecule has 0 aliphatic rings. The van der Waals surface area contributed by atoms with E-state index in [0.29, 0.717) is 10.4 Å². The van der Waals surface area contributed by atoms with Gasteiger partial charge in [-0.25, -0.2) is 8.78 Å². The molecule has 0 radical (unpaired) electrons. The van der Waals surface area contributed by atoms with Crippen molar-refractivity contribution in [2.45, 2.75) is 13.0 Å². The second-order valence-electron chi connectivity index (χ2n) is 4.80. The quantitative estimate of drug-likeness (QED) is 0.733. The second-order valence-corrected chi connectivity index (χ2v) is 5.91. The van der Waals surface area contributed by atoms with E-state index in [-0.39, 0.29) is 11.6 Å². The molecule has 4 heteroatoms. The van der Waals surface area contributed by atoms with Crippen molar-refractivity contribution in [2.24, 2.45) is 0 Å². The highest BCUT2D eigenvalue weighted by Gasteiger charge is 2.15. The highest BCUT2D eigenvalue weighted by atomic mass is 32.1. The molecule has 1 unspecified atom stereocenters. The van der Waals surface area contributed by atoms with Gasteiger partial charge in [0, 0.05) is 9.58 Å². The maximum Gasteiger partial charge on any atom is 0.123 e. The fourth-order valence-electron chi connectivity index (χ4n) is 2.26. The van der Waals surface area contributed by atoms with Crippen LogP contribution in [0.1, 0.15) is 22.1 Å². The lowest BCUT2D eigenvalue weighted by Gasteiger charge is -2.09. The summed E-state index contributed by atoms with van der Waals surface area (Å²) in [5.41, 5.74) is 1.26. The summed E-state index contributed by atoms with van der Waals surface area (Å²) < 4.78 is 27.5. The number of fused-ring (bicyclic) bond motifs is 1. The molecule has 1 aromatic heterocycles. The van der Waals surface area contributed by atoms with Gasteiger partial charge in [-0.3, -0.25) is 0 Å². The number of rotatable bonds is 2. The molecule has 3 rings (SSSR count). The summed E-state index contributed by atoms with van der Waals surface area (Å²) in [6.07, 6.45) is -0.898. The van der Waals surface area contributed by atoms with Crippen LogP contribution in [0, 0.1) is 18.6 Å². The lowest BCUT2D eigenvalue weighted by molar-refractivity contribution is 0.223. The van der Waals surface area contributed by atoms with Crippen molar-refractivity contribution in [2.75, 3.05) is 0 Å². The number of aryl methyl sites for hydroxylation is 1. The number of hydrogen-bond acceptors (Lipinski definition) is 2. The van der Waals surface area contributed by atoms with Gasteiger partial charge in [0.25, 0.3) is 0 Å². The van der Waals surface area contributed by atoms with Crippen LogP contribution in [-0.2, 0) is 0 Å². The van der Waals surface area contributed by atoms with Crippen molar-refractivity contribution < 1.29 is 13.9 Å². The van der Waals surface area contributed by atoms with Gasteiger partial charge in [0.05, 0.1) is 0 Å². The Morgan fingerprint density at radius 1 is 1.00 bits per heavy atom. The molecule has 0 aliphatic heterocycles. The molecule has 2 aromatic carbocycles. The smallest absolute Gasteiger partial charge is 0.123 e. The summed E-state index contributed by atoms with van der Waals surface area (Å²) in [4.78, 5) is 0.676. The third kappa shape index (κ3) is 2.44. The monoisotopic (exact) mass is 290 g/mol. The lowest BCUT2D eigenvalue weighted by Crippen LogP contribution is -1.98. The Morgan fingerprint density at radius 2 is 1.80 bits per heavy atom. The summed E-state index contributed by atoms with van der Waals surface area (Å²) in [6, 6.07) is 10.7. The van der Waals surface area contributed by atoms with Crippen LogP contribution in [0.5, 0.6) is 0 Å². The first-order valence-electron chi connectivity index (χ1n) is 6.17. The number of aliphatic hydroxyl groups is 1. The van der Waals surface area contributed by atoms with Gasteiger partial charge in [-0.1, -0.05) is 6.07 Å². The minimum Gasteiger partial charge on any atom is -0.383 e. The van der Waals surface area contributed by atoms with Crippen molar-refractivity contribution in [3.05, 3.63) is 70.1 Å². The molecule has 0 fully saturated rings. The summed E-state index contributed by atoms with van der Waals surface area (Å²) in [6.45, 7) is 1.78. The minimum absolute atomic E-state index is 0.307. The predicted molar refractivity (Wildman–Crippen MR) is 77.0 cm³/mol. The molecule has 1 nitrogen and oxygen atoms in total. The van der Waals surface area contributed by atoms with Crippen molar-refractivity contribution in [3.8, 4) is 0 Å². The molecule has 20 heavy (non-hydrogen) atoms. The molecule has 1 atom stereocenters. The zero-order valence-electron chi connectivity index (χ0n) is 10.7. The zero-order chi connectivity index (χ0) is 14.3. The largest absolute Gasteiger partial charge is 0.383 e. The molecule has 0 amide bonds. The molecule has 1 N–H and O–H groups in total. The first-order valence-corrected chi connectivity index (χ1v) is 6.99. The number of hydrogen-bond donors (Lipinski definition) is 1. The van der Waals surface area contributed by atoms with Crippen LogP contribution in [0.15, 0.2) is 42.5 Å². The zero-order valence-corrected chi connectivity index (χ0v) is 11.5. The normalized spacial score (nSPS) is 12.8. The van der Waals surface area contributed by atoms with E-state index in [9.17, 15) is 13.9 Å². The van der Waals surface area contributed by atoms with E-state index in [1.165, 1.54) is 35.6 Å². The Bertz CT molecular complexity index is 759. The molecule has 3 aromatic rings. The maximum absolute atomic E-state index is 13.4. The summed E-state index contributed by atoms with van der Waals surface area (Å²) >= 11 is 1.38. The molecule has 0 spiro atoms. The van der Waals surface area contributed by atoms with E-state index < -0.39 is 6.10 Å². The minimum atomic E-state index is -0.898. The van der Waals surface area contributed by atoms with Crippen LogP contribution in [0.2, 0.25) is 0 Å². The first-order chi connectivity index (χ1) is 9.52. The first kappa shape index (κ1) is 13.2. The standard InChI is InChI=1S/C16H12F2OS/c1-9-4-11(7-13(18)5-9)16(19)15-8-10-6-12(17)2-3-14(10)20-15/h2-8,16,19H,1H3. The molecular weight excluding hydrogens is 278 g/mol. The molecule has 1 heterocycles. The van der Waals surface area contributed by atoms with E-state index in [0.717, 1.165) is 15.6 Å². The van der Waals surface area contributed by atoms with Crippen molar-refractivity contribution >= 4 is 21.4 Å². The number of thiophene rings is 1. The van der Waals surface area contributed by atoms with Crippen LogP contribution in [-0.4, -0.2) is 5.11 Å². The van der Waals surface area contributed by atoms with Gasteiger partial charge >= 0.3 is 0 Å². The fourth-order valence-corrected chi connectivity index (χ4v) is 3.32. The third-order valence-corrected chi connectivity index (χ3v) is 4.32. The number of benzene rings is 2. The Hall–Kier alpha value is -1.78. The average molecular weight is 290 g/mol. The van der Waals surface area contributed by atoms with Crippen LogP contribution < -0.4 is 0 Å². The Morgan fingerprint density at radius 3 is 2.55 bits per heavy atom. The molecular formula is C16H12F2OS. The van der Waals surface area contributed by atoms with Crippen LogP contribution in [0.3, 0.4) is 0 Å². The average Bonchev–Trinajstić information content (AvgIpc) is 2.79.